The highest BCUT2D eigenvalue weighted by Gasteiger charge is 2.27. The molecule has 2 fully saturated rings. The number of pyridine rings is 1. The van der Waals surface area contributed by atoms with Gasteiger partial charge in [-0.2, -0.15) is 0 Å². The number of hydrogen-bond acceptors (Lipinski definition) is 9. The molecule has 0 spiro atoms. The van der Waals surface area contributed by atoms with E-state index in [9.17, 15) is 13.2 Å². The van der Waals surface area contributed by atoms with Crippen LogP contribution in [0.25, 0.3) is 11.3 Å². The number of aryl methyl sites for hydroxylation is 2. The number of anilines is 2. The van der Waals surface area contributed by atoms with Crippen LogP contribution in [0.1, 0.15) is 52.9 Å². The molecule has 6 rings (SSSR count). The van der Waals surface area contributed by atoms with Crippen molar-refractivity contribution in [3.63, 3.8) is 0 Å². The zero-order valence-corrected chi connectivity index (χ0v) is 27.6. The fourth-order valence-corrected chi connectivity index (χ4v) is 7.70. The van der Waals surface area contributed by atoms with Gasteiger partial charge in [-0.1, -0.05) is 23.8 Å². The van der Waals surface area contributed by atoms with Crippen molar-refractivity contribution >= 4 is 38.0 Å². The summed E-state index contributed by atoms with van der Waals surface area (Å²) in [5, 5.41) is 3.58. The van der Waals surface area contributed by atoms with Gasteiger partial charge in [-0.25, -0.2) is 13.4 Å². The zero-order valence-electron chi connectivity index (χ0n) is 26.0. The number of nitrogens with zero attached hydrogens (tertiary/aromatic N) is 4. The van der Waals surface area contributed by atoms with E-state index in [-0.39, 0.29) is 10.8 Å². The number of nitrogens with one attached hydrogen (secondary N) is 1. The summed E-state index contributed by atoms with van der Waals surface area (Å²) >= 11 is 1.49. The van der Waals surface area contributed by atoms with Gasteiger partial charge in [0.2, 0.25) is 0 Å². The largest absolute Gasteiger partial charge is 0.457 e. The summed E-state index contributed by atoms with van der Waals surface area (Å²) in [6, 6.07) is 16.0. The van der Waals surface area contributed by atoms with Crippen molar-refractivity contribution in [2.75, 3.05) is 42.7 Å². The van der Waals surface area contributed by atoms with Crippen LogP contribution in [0.15, 0.2) is 65.7 Å². The van der Waals surface area contributed by atoms with Crippen LogP contribution in [0.3, 0.4) is 0 Å². The fraction of sp³-hybridized carbons (Fsp3) is 0.382. The summed E-state index contributed by atoms with van der Waals surface area (Å²) in [5.41, 5.74) is 2.83. The molecule has 0 unspecified atom stereocenters. The number of hydrogen-bond donors (Lipinski definition) is 1. The molecule has 45 heavy (non-hydrogen) atoms. The Hall–Kier alpha value is -3.80. The van der Waals surface area contributed by atoms with E-state index in [0.29, 0.717) is 28.2 Å². The van der Waals surface area contributed by atoms with Crippen molar-refractivity contribution in [2.24, 2.45) is 0 Å². The smallest absolute Gasteiger partial charge is 0.257 e. The second-order valence-corrected chi connectivity index (χ2v) is 15.1. The predicted octanol–water partition coefficient (Wildman–Crippen LogP) is 6.72. The molecule has 1 N–H and O–H groups in total. The summed E-state index contributed by atoms with van der Waals surface area (Å²) < 4.78 is 29.9. The molecule has 2 aliphatic rings. The Morgan fingerprint density at radius 1 is 0.956 bits per heavy atom. The Labute approximate surface area is 269 Å². The Morgan fingerprint density at radius 3 is 2.38 bits per heavy atom. The van der Waals surface area contributed by atoms with Crippen LogP contribution in [0.4, 0.5) is 10.9 Å². The Balaban J connectivity index is 1.21. The van der Waals surface area contributed by atoms with Crippen LogP contribution in [-0.4, -0.2) is 67.7 Å². The van der Waals surface area contributed by atoms with E-state index >= 15 is 0 Å². The van der Waals surface area contributed by atoms with E-state index in [4.69, 9.17) is 9.72 Å². The highest BCUT2D eigenvalue weighted by Crippen LogP contribution is 2.34. The molecule has 1 amide bonds. The summed E-state index contributed by atoms with van der Waals surface area (Å²) in [7, 11) is -3.33. The number of piperidine rings is 2. The minimum atomic E-state index is -3.33. The van der Waals surface area contributed by atoms with Gasteiger partial charge in [-0.15, -0.1) is 0 Å². The van der Waals surface area contributed by atoms with Crippen LogP contribution in [0.5, 0.6) is 11.5 Å². The Morgan fingerprint density at radius 2 is 1.69 bits per heavy atom. The first-order chi connectivity index (χ1) is 21.6. The lowest BCUT2D eigenvalue weighted by atomic mass is 10.00. The third-order valence-electron chi connectivity index (χ3n) is 8.60. The third-order valence-corrected chi connectivity index (χ3v) is 10.6. The Kier molecular flexibility index (Phi) is 9.21. The molecule has 0 aliphatic carbocycles. The number of thiazole rings is 1. The number of benzene rings is 2. The standard InChI is InChI=1S/C34H39N5O4S2/c1-23-8-7-15-35-31(23)25-20-26(22-29(21-25)43-28-9-11-30(12-10-28)45(3,41)42)33(40)37-34-36-32(24(2)44-34)39-18-13-27(14-19-39)38-16-5-4-6-17-38/h7-12,15,20-22,27H,4-6,13-14,16-19H2,1-3H3,(H,36,37,40). The molecule has 0 radical (unpaired) electrons. The number of carbonyl (C=O) groups is 1. The molecule has 2 aliphatic heterocycles. The summed E-state index contributed by atoms with van der Waals surface area (Å²) in [4.78, 5) is 29.4. The quantitative estimate of drug-likeness (QED) is 0.225. The molecule has 4 heterocycles. The van der Waals surface area contributed by atoms with Crippen molar-refractivity contribution < 1.29 is 17.9 Å². The van der Waals surface area contributed by atoms with Gasteiger partial charge in [-0.3, -0.25) is 15.1 Å². The van der Waals surface area contributed by atoms with Gasteiger partial charge >= 0.3 is 0 Å². The van der Waals surface area contributed by atoms with Crippen LogP contribution in [0, 0.1) is 13.8 Å². The first-order valence-corrected chi connectivity index (χ1v) is 18.2. The van der Waals surface area contributed by atoms with Crippen LogP contribution in [0.2, 0.25) is 0 Å². The van der Waals surface area contributed by atoms with E-state index in [1.54, 1.807) is 30.5 Å². The van der Waals surface area contributed by atoms with Crippen LogP contribution in [-0.2, 0) is 9.84 Å². The number of carbonyl (C=O) groups excluding carboxylic acids is 1. The molecular weight excluding hydrogens is 607 g/mol. The van der Waals surface area contributed by atoms with E-state index < -0.39 is 9.84 Å². The van der Waals surface area contributed by atoms with Crippen molar-refractivity contribution in [1.82, 2.24) is 14.9 Å². The fourth-order valence-electron chi connectivity index (χ4n) is 6.24. The first kappa shape index (κ1) is 31.2. The molecule has 2 aromatic heterocycles. The molecule has 0 atom stereocenters. The van der Waals surface area contributed by atoms with Gasteiger partial charge in [0.15, 0.2) is 15.0 Å². The second-order valence-electron chi connectivity index (χ2n) is 11.9. The zero-order chi connectivity index (χ0) is 31.6. The average molecular weight is 646 g/mol. The van der Waals surface area contributed by atoms with Gasteiger partial charge in [0.05, 0.1) is 10.6 Å². The normalized spacial score (nSPS) is 16.5. The van der Waals surface area contributed by atoms with Crippen LogP contribution < -0.4 is 15.0 Å². The first-order valence-electron chi connectivity index (χ1n) is 15.5. The molecule has 2 aromatic carbocycles. The maximum Gasteiger partial charge on any atom is 0.257 e. The van der Waals surface area contributed by atoms with Gasteiger partial charge in [0.1, 0.15) is 17.3 Å². The second kappa shape index (κ2) is 13.3. The van der Waals surface area contributed by atoms with Gasteiger partial charge in [0, 0.05) is 47.6 Å². The van der Waals surface area contributed by atoms with Gasteiger partial charge < -0.3 is 14.5 Å². The molecule has 0 saturated carbocycles. The third kappa shape index (κ3) is 7.37. The number of amides is 1. The van der Waals surface area contributed by atoms with E-state index in [2.05, 4.69) is 27.0 Å². The molecule has 4 aromatic rings. The molecule has 11 heteroatoms. The van der Waals surface area contributed by atoms with E-state index in [1.165, 1.54) is 55.8 Å². The lowest BCUT2D eigenvalue weighted by molar-refractivity contribution is 0.102. The summed E-state index contributed by atoms with van der Waals surface area (Å²) in [6.07, 6.45) is 9.13. The number of sulfone groups is 1. The maximum atomic E-state index is 13.7. The molecule has 236 valence electrons. The van der Waals surface area contributed by atoms with Crippen molar-refractivity contribution in [3.05, 3.63) is 76.8 Å². The SMILES string of the molecule is Cc1cccnc1-c1cc(Oc2ccc(S(C)(=O)=O)cc2)cc(C(=O)Nc2nc(N3CCC(N4CCCCC4)CC3)c(C)s2)c1. The maximum absolute atomic E-state index is 13.7. The molecular formula is C34H39N5O4S2. The predicted molar refractivity (Wildman–Crippen MR) is 179 cm³/mol. The lowest BCUT2D eigenvalue weighted by Gasteiger charge is -2.40. The Bertz CT molecular complexity index is 1770. The number of aromatic nitrogens is 2. The minimum absolute atomic E-state index is 0.206. The average Bonchev–Trinajstić information content (AvgIpc) is 3.41. The highest BCUT2D eigenvalue weighted by molar-refractivity contribution is 7.90. The highest BCUT2D eigenvalue weighted by atomic mass is 32.2. The molecule has 9 nitrogen and oxygen atoms in total. The molecule has 0 bridgehead atoms. The van der Waals surface area contributed by atoms with E-state index in [0.717, 1.165) is 59.7 Å². The number of rotatable bonds is 8. The number of likely N-dealkylation sites (tertiary alicyclic amines) is 1. The topological polar surface area (TPSA) is 105 Å². The van der Waals surface area contributed by atoms with Crippen molar-refractivity contribution in [1.29, 1.82) is 0 Å². The van der Waals surface area contributed by atoms with Crippen LogP contribution >= 0.6 is 11.3 Å². The van der Waals surface area contributed by atoms with Gasteiger partial charge in [0.25, 0.3) is 5.91 Å². The monoisotopic (exact) mass is 645 g/mol. The number of ether oxygens (including phenoxy) is 1. The minimum Gasteiger partial charge on any atom is -0.457 e. The van der Waals surface area contributed by atoms with Gasteiger partial charge in [-0.05, 0) is 107 Å². The van der Waals surface area contributed by atoms with Crippen molar-refractivity contribution in [2.45, 2.75) is 56.9 Å². The summed E-state index contributed by atoms with van der Waals surface area (Å²) in [5.74, 6) is 1.54. The van der Waals surface area contributed by atoms with Crippen molar-refractivity contribution in [3.8, 4) is 22.8 Å². The summed E-state index contributed by atoms with van der Waals surface area (Å²) in [6.45, 7) is 8.41. The van der Waals surface area contributed by atoms with E-state index in [1.807, 2.05) is 25.1 Å². The lowest BCUT2D eigenvalue weighted by Crippen LogP contribution is -2.47. The molecule has 2 saturated heterocycles.